The minimum atomic E-state index is -0.247. The van der Waals surface area contributed by atoms with Crippen LogP contribution in [0.3, 0.4) is 0 Å². The molecule has 1 N–H and O–H groups in total. The van der Waals surface area contributed by atoms with Crippen LogP contribution in [-0.4, -0.2) is 23.3 Å². The average Bonchev–Trinajstić information content (AvgIpc) is 3.35. The Kier molecular flexibility index (Phi) is 3.33. The van der Waals surface area contributed by atoms with Crippen LogP contribution in [0.5, 0.6) is 0 Å². The van der Waals surface area contributed by atoms with Gasteiger partial charge in [0, 0.05) is 30.0 Å². The second-order valence-corrected chi connectivity index (χ2v) is 6.03. The van der Waals surface area contributed by atoms with E-state index in [1.165, 1.54) is 0 Å². The van der Waals surface area contributed by atoms with Gasteiger partial charge in [-0.25, -0.2) is 0 Å². The van der Waals surface area contributed by atoms with Crippen molar-refractivity contribution in [2.24, 2.45) is 5.92 Å². The molecular formula is C18H17N3O2. The van der Waals surface area contributed by atoms with E-state index in [1.54, 1.807) is 24.4 Å². The van der Waals surface area contributed by atoms with Crippen LogP contribution in [0.2, 0.25) is 0 Å². The number of carbonyl (C=O) groups excluding carboxylic acids is 2. The molecule has 0 spiro atoms. The normalized spacial score (nSPS) is 16.1. The molecule has 5 heteroatoms. The standard InChI is InChI=1S/C18H17N3O2/c22-17(15-3-1-2-9-19-15)20-14-7-6-12-8-10-21(16(12)11-14)18(23)13-4-5-13/h1-3,6-7,9,11,13H,4-5,8,10H2,(H,20,22). The lowest BCUT2D eigenvalue weighted by atomic mass is 10.1. The summed E-state index contributed by atoms with van der Waals surface area (Å²) in [7, 11) is 0. The van der Waals surface area contributed by atoms with E-state index >= 15 is 0 Å². The fraction of sp³-hybridized carbons (Fsp3) is 0.278. The highest BCUT2D eigenvalue weighted by Crippen LogP contribution is 2.37. The van der Waals surface area contributed by atoms with Crippen LogP contribution in [0, 0.1) is 5.92 Å². The van der Waals surface area contributed by atoms with Gasteiger partial charge in [-0.15, -0.1) is 0 Å². The fourth-order valence-corrected chi connectivity index (χ4v) is 2.93. The molecule has 2 amide bonds. The first-order valence-electron chi connectivity index (χ1n) is 7.89. The highest BCUT2D eigenvalue weighted by atomic mass is 16.2. The van der Waals surface area contributed by atoms with Gasteiger partial charge in [-0.3, -0.25) is 14.6 Å². The average molecular weight is 307 g/mol. The number of benzene rings is 1. The molecule has 0 radical (unpaired) electrons. The number of nitrogens with zero attached hydrogens (tertiary/aromatic N) is 2. The van der Waals surface area contributed by atoms with Gasteiger partial charge in [0.1, 0.15) is 5.69 Å². The van der Waals surface area contributed by atoms with Crippen molar-refractivity contribution in [2.75, 3.05) is 16.8 Å². The predicted octanol–water partition coefficient (Wildman–Crippen LogP) is 2.63. The van der Waals surface area contributed by atoms with Crippen molar-refractivity contribution < 1.29 is 9.59 Å². The number of pyridine rings is 1. The molecule has 0 atom stereocenters. The Morgan fingerprint density at radius 2 is 2.04 bits per heavy atom. The molecule has 0 unspecified atom stereocenters. The zero-order chi connectivity index (χ0) is 15.8. The zero-order valence-corrected chi connectivity index (χ0v) is 12.7. The van der Waals surface area contributed by atoms with Gasteiger partial charge in [0.05, 0.1) is 0 Å². The van der Waals surface area contributed by atoms with Crippen molar-refractivity contribution in [1.29, 1.82) is 0 Å². The first kappa shape index (κ1) is 13.9. The number of amides is 2. The van der Waals surface area contributed by atoms with Crippen LogP contribution in [0.1, 0.15) is 28.9 Å². The summed E-state index contributed by atoms with van der Waals surface area (Å²) in [5.74, 6) is 0.174. The maximum absolute atomic E-state index is 12.4. The van der Waals surface area contributed by atoms with Crippen molar-refractivity contribution in [3.63, 3.8) is 0 Å². The molecule has 1 fully saturated rings. The molecule has 1 aromatic carbocycles. The second kappa shape index (κ2) is 5.50. The molecule has 2 heterocycles. The molecule has 116 valence electrons. The lowest BCUT2D eigenvalue weighted by Gasteiger charge is -2.18. The van der Waals surface area contributed by atoms with Gasteiger partial charge in [-0.2, -0.15) is 0 Å². The second-order valence-electron chi connectivity index (χ2n) is 6.03. The number of nitrogens with one attached hydrogen (secondary N) is 1. The molecular weight excluding hydrogens is 290 g/mol. The molecule has 1 aromatic heterocycles. The number of hydrogen-bond acceptors (Lipinski definition) is 3. The lowest BCUT2D eigenvalue weighted by molar-refractivity contribution is -0.119. The SMILES string of the molecule is O=C(Nc1ccc2c(c1)N(C(=O)C1CC1)CC2)c1ccccn1. The predicted molar refractivity (Wildman–Crippen MR) is 87.4 cm³/mol. The lowest BCUT2D eigenvalue weighted by Crippen LogP contribution is -2.30. The number of carbonyl (C=O) groups is 2. The summed E-state index contributed by atoms with van der Waals surface area (Å²) in [6.07, 6.45) is 4.47. The molecule has 0 saturated heterocycles. The Hall–Kier alpha value is -2.69. The van der Waals surface area contributed by atoms with Gasteiger partial charge in [0.25, 0.3) is 5.91 Å². The molecule has 1 aliphatic carbocycles. The molecule has 2 aliphatic rings. The van der Waals surface area contributed by atoms with Gasteiger partial charge in [0.2, 0.25) is 5.91 Å². The van der Waals surface area contributed by atoms with Gasteiger partial charge >= 0.3 is 0 Å². The maximum atomic E-state index is 12.4. The summed E-state index contributed by atoms with van der Waals surface area (Å²) in [5, 5.41) is 2.85. The first-order chi connectivity index (χ1) is 11.2. The minimum Gasteiger partial charge on any atom is -0.321 e. The summed E-state index contributed by atoms with van der Waals surface area (Å²) < 4.78 is 0. The molecule has 1 saturated carbocycles. The van der Waals surface area contributed by atoms with Crippen molar-refractivity contribution in [3.8, 4) is 0 Å². The van der Waals surface area contributed by atoms with Crippen LogP contribution in [0.15, 0.2) is 42.6 Å². The highest BCUT2D eigenvalue weighted by molar-refractivity contribution is 6.04. The Balaban J connectivity index is 1.56. The Labute approximate surface area is 134 Å². The molecule has 5 nitrogen and oxygen atoms in total. The molecule has 2 aromatic rings. The first-order valence-corrected chi connectivity index (χ1v) is 7.89. The van der Waals surface area contributed by atoms with E-state index < -0.39 is 0 Å². The van der Waals surface area contributed by atoms with Crippen molar-refractivity contribution in [2.45, 2.75) is 19.3 Å². The molecule has 1 aliphatic heterocycles. The van der Waals surface area contributed by atoms with Crippen molar-refractivity contribution in [3.05, 3.63) is 53.9 Å². The maximum Gasteiger partial charge on any atom is 0.274 e. The third-order valence-corrected chi connectivity index (χ3v) is 4.33. The quantitative estimate of drug-likeness (QED) is 0.948. The van der Waals surface area contributed by atoms with Crippen molar-refractivity contribution in [1.82, 2.24) is 4.98 Å². The van der Waals surface area contributed by atoms with E-state index in [-0.39, 0.29) is 17.7 Å². The van der Waals surface area contributed by atoms with Gasteiger partial charge in [-0.05, 0) is 49.1 Å². The largest absolute Gasteiger partial charge is 0.321 e. The number of aromatic nitrogens is 1. The summed E-state index contributed by atoms with van der Waals surface area (Å²) in [5.41, 5.74) is 3.16. The topological polar surface area (TPSA) is 62.3 Å². The van der Waals surface area contributed by atoms with Gasteiger partial charge in [0.15, 0.2) is 0 Å². The van der Waals surface area contributed by atoms with E-state index in [9.17, 15) is 9.59 Å². The Morgan fingerprint density at radius 1 is 1.17 bits per heavy atom. The monoisotopic (exact) mass is 307 g/mol. The molecule has 23 heavy (non-hydrogen) atoms. The third-order valence-electron chi connectivity index (χ3n) is 4.33. The molecule has 4 rings (SSSR count). The summed E-state index contributed by atoms with van der Waals surface area (Å²) in [4.78, 5) is 30.5. The van der Waals surface area contributed by atoms with E-state index in [4.69, 9.17) is 0 Å². The van der Waals surface area contributed by atoms with Gasteiger partial charge < -0.3 is 10.2 Å². The minimum absolute atomic E-state index is 0.202. The fourth-order valence-electron chi connectivity index (χ4n) is 2.93. The number of hydrogen-bond donors (Lipinski definition) is 1. The van der Waals surface area contributed by atoms with E-state index in [0.717, 1.165) is 37.1 Å². The van der Waals surface area contributed by atoms with E-state index in [2.05, 4.69) is 10.3 Å². The number of fused-ring (bicyclic) bond motifs is 1. The van der Waals surface area contributed by atoms with E-state index in [1.807, 2.05) is 23.1 Å². The van der Waals surface area contributed by atoms with Crippen LogP contribution >= 0.6 is 0 Å². The van der Waals surface area contributed by atoms with Crippen LogP contribution < -0.4 is 10.2 Å². The molecule has 0 bridgehead atoms. The van der Waals surface area contributed by atoms with Crippen molar-refractivity contribution >= 4 is 23.2 Å². The Morgan fingerprint density at radius 3 is 2.78 bits per heavy atom. The zero-order valence-electron chi connectivity index (χ0n) is 12.7. The summed E-state index contributed by atoms with van der Waals surface area (Å²) in [6, 6.07) is 11.0. The summed E-state index contributed by atoms with van der Waals surface area (Å²) >= 11 is 0. The van der Waals surface area contributed by atoms with Crippen LogP contribution in [-0.2, 0) is 11.2 Å². The third kappa shape index (κ3) is 2.70. The summed E-state index contributed by atoms with van der Waals surface area (Å²) in [6.45, 7) is 0.738. The Bertz CT molecular complexity index is 769. The smallest absolute Gasteiger partial charge is 0.274 e. The van der Waals surface area contributed by atoms with Gasteiger partial charge in [-0.1, -0.05) is 12.1 Å². The number of anilines is 2. The highest BCUT2D eigenvalue weighted by Gasteiger charge is 2.36. The van der Waals surface area contributed by atoms with E-state index in [0.29, 0.717) is 11.4 Å². The number of rotatable bonds is 3. The van der Waals surface area contributed by atoms with Crippen LogP contribution in [0.25, 0.3) is 0 Å². The van der Waals surface area contributed by atoms with Crippen LogP contribution in [0.4, 0.5) is 11.4 Å².